The average molecular weight is 471 g/mol. The number of alkyl halides is 3. The Morgan fingerprint density at radius 2 is 1.91 bits per heavy atom. The SMILES string of the molecule is CCN(CC)CCn1c(NC(=O)C(C)n2nc(C(F)(F)F)c(Cl)c2C)nc2ccccc21. The van der Waals surface area contributed by atoms with E-state index in [9.17, 15) is 18.0 Å². The molecule has 3 rings (SSSR count). The number of rotatable bonds is 8. The summed E-state index contributed by atoms with van der Waals surface area (Å²) < 4.78 is 42.4. The van der Waals surface area contributed by atoms with Crippen molar-refractivity contribution in [3.05, 3.63) is 40.7 Å². The van der Waals surface area contributed by atoms with E-state index < -0.39 is 28.8 Å². The van der Waals surface area contributed by atoms with Crippen molar-refractivity contribution >= 4 is 34.5 Å². The highest BCUT2D eigenvalue weighted by atomic mass is 35.5. The molecule has 1 atom stereocenters. The molecule has 3 aromatic rings. The van der Waals surface area contributed by atoms with Crippen LogP contribution in [0.4, 0.5) is 19.1 Å². The quantitative estimate of drug-likeness (QED) is 0.515. The van der Waals surface area contributed by atoms with Gasteiger partial charge in [-0.2, -0.15) is 18.3 Å². The van der Waals surface area contributed by atoms with Crippen LogP contribution >= 0.6 is 11.6 Å². The van der Waals surface area contributed by atoms with Crippen molar-refractivity contribution in [3.63, 3.8) is 0 Å². The Labute approximate surface area is 189 Å². The lowest BCUT2D eigenvalue weighted by molar-refractivity contribution is -0.141. The van der Waals surface area contributed by atoms with E-state index in [1.54, 1.807) is 0 Å². The predicted molar refractivity (Wildman–Crippen MR) is 118 cm³/mol. The molecule has 0 spiro atoms. The molecule has 0 aliphatic rings. The molecule has 0 saturated heterocycles. The van der Waals surface area contributed by atoms with E-state index in [0.29, 0.717) is 18.0 Å². The Hall–Kier alpha value is -2.59. The number of hydrogen-bond donors (Lipinski definition) is 1. The fourth-order valence-corrected chi connectivity index (χ4v) is 3.79. The predicted octanol–water partition coefficient (Wildman–Crippen LogP) is 4.75. The number of likely N-dealkylation sites (N-methyl/N-ethyl adjacent to an activating group) is 1. The van der Waals surface area contributed by atoms with Crippen molar-refractivity contribution in [3.8, 4) is 0 Å². The van der Waals surface area contributed by atoms with Crippen molar-refractivity contribution < 1.29 is 18.0 Å². The number of imidazole rings is 1. The summed E-state index contributed by atoms with van der Waals surface area (Å²) in [6, 6.07) is 6.47. The number of aromatic nitrogens is 4. The number of para-hydroxylation sites is 2. The van der Waals surface area contributed by atoms with Gasteiger partial charge in [0.1, 0.15) is 6.04 Å². The molecule has 1 amide bonds. The summed E-state index contributed by atoms with van der Waals surface area (Å²) in [5.74, 6) is -0.206. The molecule has 32 heavy (non-hydrogen) atoms. The number of nitrogens with zero attached hydrogens (tertiary/aromatic N) is 5. The number of amides is 1. The minimum absolute atomic E-state index is 0.0664. The molecule has 174 valence electrons. The zero-order valence-electron chi connectivity index (χ0n) is 18.4. The summed E-state index contributed by atoms with van der Waals surface area (Å²) in [5, 5.41) is 5.81. The van der Waals surface area contributed by atoms with Gasteiger partial charge in [-0.25, -0.2) is 4.98 Å². The zero-order chi connectivity index (χ0) is 23.6. The Morgan fingerprint density at radius 3 is 2.50 bits per heavy atom. The van der Waals surface area contributed by atoms with Gasteiger partial charge in [0, 0.05) is 13.1 Å². The van der Waals surface area contributed by atoms with Crippen LogP contribution in [0.1, 0.15) is 38.2 Å². The highest BCUT2D eigenvalue weighted by Gasteiger charge is 2.39. The number of benzene rings is 1. The summed E-state index contributed by atoms with van der Waals surface area (Å²) in [4.78, 5) is 19.7. The number of carbonyl (C=O) groups excluding carboxylic acids is 1. The molecule has 0 fully saturated rings. The van der Waals surface area contributed by atoms with E-state index in [1.165, 1.54) is 13.8 Å². The second kappa shape index (κ2) is 9.50. The van der Waals surface area contributed by atoms with Crippen LogP contribution in [0.5, 0.6) is 0 Å². The molecule has 2 heterocycles. The molecule has 0 aliphatic heterocycles. The Kier molecular flexibility index (Phi) is 7.14. The first-order chi connectivity index (χ1) is 15.1. The lowest BCUT2D eigenvalue weighted by Gasteiger charge is -2.20. The first-order valence-electron chi connectivity index (χ1n) is 10.4. The van der Waals surface area contributed by atoms with Crippen LogP contribution in [-0.2, 0) is 17.5 Å². The Morgan fingerprint density at radius 1 is 1.25 bits per heavy atom. The van der Waals surface area contributed by atoms with Gasteiger partial charge >= 0.3 is 6.18 Å². The largest absolute Gasteiger partial charge is 0.436 e. The van der Waals surface area contributed by atoms with Crippen LogP contribution in [0.2, 0.25) is 5.02 Å². The molecule has 1 unspecified atom stereocenters. The van der Waals surface area contributed by atoms with Gasteiger partial charge in [-0.1, -0.05) is 37.6 Å². The van der Waals surface area contributed by atoms with Crippen molar-refractivity contribution in [1.82, 2.24) is 24.2 Å². The maximum absolute atomic E-state index is 13.2. The maximum atomic E-state index is 13.2. The van der Waals surface area contributed by atoms with Crippen molar-refractivity contribution in [1.29, 1.82) is 0 Å². The van der Waals surface area contributed by atoms with Gasteiger partial charge < -0.3 is 9.47 Å². The standard InChI is InChI=1S/C21H26ClF3N6O/c1-5-29(6-2)11-12-30-16-10-8-7-9-15(16)26-20(30)27-19(32)14(4)31-13(3)17(22)18(28-31)21(23,24)25/h7-10,14H,5-6,11-12H2,1-4H3,(H,26,27,32). The van der Waals surface area contributed by atoms with Crippen molar-refractivity contribution in [2.75, 3.05) is 25.0 Å². The summed E-state index contributed by atoms with van der Waals surface area (Å²) in [5.41, 5.74) is 0.437. The summed E-state index contributed by atoms with van der Waals surface area (Å²) in [6.07, 6.45) is -4.71. The second-order valence-electron chi connectivity index (χ2n) is 7.46. The van der Waals surface area contributed by atoms with Gasteiger partial charge in [0.2, 0.25) is 5.95 Å². The number of fused-ring (bicyclic) bond motifs is 1. The summed E-state index contributed by atoms with van der Waals surface area (Å²) >= 11 is 5.83. The molecule has 2 aromatic heterocycles. The number of carbonyl (C=O) groups is 1. The van der Waals surface area contributed by atoms with Gasteiger partial charge in [-0.3, -0.25) is 14.8 Å². The average Bonchev–Trinajstić information content (AvgIpc) is 3.25. The number of anilines is 1. The molecule has 7 nitrogen and oxygen atoms in total. The van der Waals surface area contributed by atoms with Crippen molar-refractivity contribution in [2.24, 2.45) is 0 Å². The van der Waals surface area contributed by atoms with E-state index in [4.69, 9.17) is 11.6 Å². The van der Waals surface area contributed by atoms with E-state index in [1.807, 2.05) is 28.8 Å². The first kappa shape index (κ1) is 24.1. The molecule has 1 aromatic carbocycles. The van der Waals surface area contributed by atoms with Gasteiger partial charge in [0.05, 0.1) is 21.7 Å². The lowest BCUT2D eigenvalue weighted by atomic mass is 10.3. The normalized spacial score (nSPS) is 13.2. The van der Waals surface area contributed by atoms with Crippen LogP contribution in [0.15, 0.2) is 24.3 Å². The van der Waals surface area contributed by atoms with Gasteiger partial charge in [-0.15, -0.1) is 0 Å². The fraction of sp³-hybridized carbons (Fsp3) is 0.476. The number of hydrogen-bond acceptors (Lipinski definition) is 4. The molecular formula is C21H26ClF3N6O. The van der Waals surface area contributed by atoms with E-state index in [0.717, 1.165) is 29.8 Å². The topological polar surface area (TPSA) is 68.0 Å². The smallest absolute Gasteiger partial charge is 0.309 e. The molecule has 0 radical (unpaired) electrons. The third-order valence-corrected chi connectivity index (χ3v) is 5.97. The summed E-state index contributed by atoms with van der Waals surface area (Å²) in [7, 11) is 0. The van der Waals surface area contributed by atoms with Crippen LogP contribution in [0.3, 0.4) is 0 Å². The Balaban J connectivity index is 1.89. The summed E-state index contributed by atoms with van der Waals surface area (Å²) in [6.45, 7) is 10.2. The third-order valence-electron chi connectivity index (χ3n) is 5.52. The maximum Gasteiger partial charge on any atom is 0.436 e. The minimum atomic E-state index is -4.71. The second-order valence-corrected chi connectivity index (χ2v) is 7.84. The lowest BCUT2D eigenvalue weighted by Crippen LogP contribution is -2.29. The van der Waals surface area contributed by atoms with Gasteiger partial charge in [-0.05, 0) is 39.1 Å². The number of halogens is 4. The molecular weight excluding hydrogens is 445 g/mol. The third kappa shape index (κ3) is 4.75. The highest BCUT2D eigenvalue weighted by molar-refractivity contribution is 6.32. The van der Waals surface area contributed by atoms with Crippen molar-refractivity contribution in [2.45, 2.75) is 46.5 Å². The van der Waals surface area contributed by atoms with Crippen LogP contribution in [0, 0.1) is 6.92 Å². The van der Waals surface area contributed by atoms with Crippen LogP contribution < -0.4 is 5.32 Å². The molecule has 1 N–H and O–H groups in total. The van der Waals surface area contributed by atoms with E-state index >= 15 is 0 Å². The molecule has 11 heteroatoms. The fourth-order valence-electron chi connectivity index (χ4n) is 3.56. The number of nitrogens with one attached hydrogen (secondary N) is 1. The minimum Gasteiger partial charge on any atom is -0.309 e. The zero-order valence-corrected chi connectivity index (χ0v) is 19.1. The van der Waals surface area contributed by atoms with Gasteiger partial charge in [0.15, 0.2) is 5.69 Å². The molecule has 0 saturated carbocycles. The van der Waals surface area contributed by atoms with E-state index in [-0.39, 0.29) is 5.69 Å². The van der Waals surface area contributed by atoms with Crippen LogP contribution in [-0.4, -0.2) is 49.8 Å². The van der Waals surface area contributed by atoms with Crippen LogP contribution in [0.25, 0.3) is 11.0 Å². The van der Waals surface area contributed by atoms with Gasteiger partial charge in [0.25, 0.3) is 5.91 Å². The molecule has 0 bridgehead atoms. The van der Waals surface area contributed by atoms with E-state index in [2.05, 4.69) is 34.1 Å². The monoisotopic (exact) mass is 470 g/mol. The Bertz CT molecular complexity index is 1100. The highest BCUT2D eigenvalue weighted by Crippen LogP contribution is 2.36. The first-order valence-corrected chi connectivity index (χ1v) is 10.8. The molecule has 0 aliphatic carbocycles.